The van der Waals surface area contributed by atoms with Gasteiger partial charge in [-0.3, -0.25) is 0 Å². The van der Waals surface area contributed by atoms with E-state index in [4.69, 9.17) is 16.9 Å². The van der Waals surface area contributed by atoms with Crippen LogP contribution in [0, 0.1) is 0 Å². The quantitative estimate of drug-likeness (QED) is 0.536. The molecule has 0 aromatic carbocycles. The molecule has 0 saturated carbocycles. The van der Waals surface area contributed by atoms with Crippen LogP contribution in [0.2, 0.25) is 19.6 Å². The fourth-order valence-electron chi connectivity index (χ4n) is 2.72. The third-order valence-corrected chi connectivity index (χ3v) is 10.5. The summed E-state index contributed by atoms with van der Waals surface area (Å²) in [6.45, 7) is 22.5. The Morgan fingerprint density at radius 1 is 1.00 bits per heavy atom. The highest BCUT2D eigenvalue weighted by molar-refractivity contribution is 8.15. The minimum Gasteiger partial charge on any atom is -0.610 e. The maximum Gasteiger partial charge on any atom is 0.123 e. The first kappa shape index (κ1) is 17.8. The van der Waals surface area contributed by atoms with Gasteiger partial charge in [-0.05, 0) is 27.4 Å². The van der Waals surface area contributed by atoms with Crippen molar-refractivity contribution in [1.29, 1.82) is 0 Å². The maximum atomic E-state index is 5.91. The van der Waals surface area contributed by atoms with Crippen LogP contribution in [0.25, 0.3) is 5.09 Å². The van der Waals surface area contributed by atoms with Gasteiger partial charge in [-0.2, -0.15) is 0 Å². The van der Waals surface area contributed by atoms with E-state index in [9.17, 15) is 0 Å². The van der Waals surface area contributed by atoms with Crippen molar-refractivity contribution in [3.63, 3.8) is 0 Å². The van der Waals surface area contributed by atoms with E-state index in [1.807, 2.05) is 0 Å². The Kier molecular flexibility index (Phi) is 5.28. The lowest BCUT2D eigenvalue weighted by molar-refractivity contribution is 0.371. The smallest absolute Gasteiger partial charge is 0.123 e. The number of rotatable bonds is 3. The summed E-state index contributed by atoms with van der Waals surface area (Å²) in [6.07, 6.45) is -1.81. The number of nitrogens with zero attached hydrogens (tertiary/aromatic N) is 2. The van der Waals surface area contributed by atoms with Crippen molar-refractivity contribution in [2.24, 2.45) is 0 Å². The molecular formula is C12H30N2PSSi-. The molecule has 0 N–H and O–H groups in total. The monoisotopic (exact) mass is 293 g/mol. The molecule has 0 bridgehead atoms. The van der Waals surface area contributed by atoms with E-state index in [-0.39, 0.29) is 11.1 Å². The van der Waals surface area contributed by atoms with E-state index >= 15 is 0 Å². The predicted molar refractivity (Wildman–Crippen MR) is 88.3 cm³/mol. The summed E-state index contributed by atoms with van der Waals surface area (Å²) in [5, 5.41) is 4.96. The summed E-state index contributed by atoms with van der Waals surface area (Å²) in [4.78, 5) is 0. The molecule has 0 amide bonds. The van der Waals surface area contributed by atoms with Gasteiger partial charge < -0.3 is 9.42 Å². The predicted octanol–water partition coefficient (Wildman–Crippen LogP) is 5.03. The Hall–Kier alpha value is 0.787. The average Bonchev–Trinajstić information content (AvgIpc) is 1.66. The standard InChI is InChI=1S/C12H30N2PSSi/c1-11(2,3)13-15(7,16)14(12(4,5)6)17(8,9)10/h1-10H3/q-1. The van der Waals surface area contributed by atoms with Crippen LogP contribution in [0.15, 0.2) is 0 Å². The minimum atomic E-state index is -1.81. The normalized spacial score (nSPS) is 18.3. The Balaban J connectivity index is 5.43. The first-order valence-corrected chi connectivity index (χ1v) is 12.8. The van der Waals surface area contributed by atoms with Crippen molar-refractivity contribution < 1.29 is 0 Å². The van der Waals surface area contributed by atoms with Crippen LogP contribution in [-0.4, -0.2) is 30.3 Å². The van der Waals surface area contributed by atoms with E-state index in [2.05, 4.69) is 72.2 Å². The van der Waals surface area contributed by atoms with Crippen LogP contribution in [0.5, 0.6) is 0 Å². The second-order valence-electron chi connectivity index (χ2n) is 7.76. The molecule has 0 rings (SSSR count). The van der Waals surface area contributed by atoms with E-state index in [0.717, 1.165) is 0 Å². The summed E-state index contributed by atoms with van der Waals surface area (Å²) in [5.74, 6) is 0. The Morgan fingerprint density at radius 3 is 1.53 bits per heavy atom. The third kappa shape index (κ3) is 5.97. The van der Waals surface area contributed by atoms with Crippen LogP contribution in [0.3, 0.4) is 0 Å². The molecule has 0 aromatic heterocycles. The first-order chi connectivity index (χ1) is 7.07. The largest absolute Gasteiger partial charge is 0.610 e. The molecule has 0 fully saturated rings. The molecule has 0 radical (unpaired) electrons. The van der Waals surface area contributed by atoms with Gasteiger partial charge >= 0.3 is 0 Å². The lowest BCUT2D eigenvalue weighted by Gasteiger charge is -2.59. The van der Waals surface area contributed by atoms with Crippen LogP contribution >= 0.6 is 6.34 Å². The number of hydrogen-bond donors (Lipinski definition) is 0. The Morgan fingerprint density at radius 2 is 1.35 bits per heavy atom. The van der Waals surface area contributed by atoms with E-state index in [0.29, 0.717) is 0 Å². The van der Waals surface area contributed by atoms with Gasteiger partial charge in [0.05, 0.1) is 0 Å². The fourth-order valence-corrected chi connectivity index (χ4v) is 15.3. The molecule has 2 nitrogen and oxygen atoms in total. The zero-order valence-electron chi connectivity index (χ0n) is 13.2. The number of hydrogen-bond acceptors (Lipinski definition) is 1. The molecule has 1 unspecified atom stereocenters. The van der Waals surface area contributed by atoms with E-state index in [1.165, 1.54) is 0 Å². The van der Waals surface area contributed by atoms with Gasteiger partial charge in [-0.15, -0.1) is 17.3 Å². The molecular weight excluding hydrogens is 263 g/mol. The second-order valence-corrected chi connectivity index (χ2v) is 17.3. The molecule has 0 heterocycles. The van der Waals surface area contributed by atoms with Gasteiger partial charge in [0.25, 0.3) is 0 Å². The first-order valence-electron chi connectivity index (χ1n) is 6.20. The molecule has 0 aliphatic heterocycles. The van der Waals surface area contributed by atoms with Crippen molar-refractivity contribution >= 4 is 26.4 Å². The van der Waals surface area contributed by atoms with Crippen LogP contribution in [-0.2, 0) is 11.8 Å². The highest BCUT2D eigenvalue weighted by atomic mass is 32.4. The zero-order chi connectivity index (χ0) is 14.3. The molecule has 104 valence electrons. The molecule has 0 aliphatic carbocycles. The van der Waals surface area contributed by atoms with Crippen LogP contribution in [0.4, 0.5) is 0 Å². The SMILES string of the molecule is CC(C)(C)[N-]P(C)(=S)N(C(C)(C)C)[Si](C)(C)C. The average molecular weight is 294 g/mol. The lowest BCUT2D eigenvalue weighted by atomic mass is 10.1. The highest BCUT2D eigenvalue weighted by Gasteiger charge is 2.36. The van der Waals surface area contributed by atoms with Gasteiger partial charge in [0.1, 0.15) is 8.24 Å². The maximum absolute atomic E-state index is 5.91. The molecule has 0 aliphatic rings. The minimum absolute atomic E-state index is 0.0482. The van der Waals surface area contributed by atoms with Crippen molar-refractivity contribution in [1.82, 2.24) is 4.34 Å². The van der Waals surface area contributed by atoms with Gasteiger partial charge in [-0.1, -0.05) is 46.8 Å². The van der Waals surface area contributed by atoms with E-state index < -0.39 is 14.6 Å². The molecule has 5 heteroatoms. The Bertz CT molecular complexity index is 296. The van der Waals surface area contributed by atoms with Gasteiger partial charge in [-0.25, -0.2) is 0 Å². The van der Waals surface area contributed by atoms with Crippen LogP contribution < -0.4 is 0 Å². The van der Waals surface area contributed by atoms with Gasteiger partial charge in [0.2, 0.25) is 0 Å². The topological polar surface area (TPSA) is 17.3 Å². The molecule has 0 aromatic rings. The molecule has 0 saturated heterocycles. The summed E-state index contributed by atoms with van der Waals surface area (Å²) in [5.41, 5.74) is 0.0525. The summed E-state index contributed by atoms with van der Waals surface area (Å²) < 4.78 is 2.56. The van der Waals surface area contributed by atoms with Crippen molar-refractivity contribution in [2.75, 3.05) is 6.66 Å². The van der Waals surface area contributed by atoms with Crippen LogP contribution in [0.1, 0.15) is 41.5 Å². The van der Waals surface area contributed by atoms with Gasteiger partial charge in [0, 0.05) is 5.54 Å². The van der Waals surface area contributed by atoms with Crippen molar-refractivity contribution in [3.05, 3.63) is 5.09 Å². The lowest BCUT2D eigenvalue weighted by Crippen LogP contribution is -2.53. The molecule has 17 heavy (non-hydrogen) atoms. The molecule has 0 spiro atoms. The summed E-state index contributed by atoms with van der Waals surface area (Å²) in [7, 11) is -1.47. The van der Waals surface area contributed by atoms with Crippen molar-refractivity contribution in [2.45, 2.75) is 72.3 Å². The summed E-state index contributed by atoms with van der Waals surface area (Å²) in [6, 6.07) is 0. The third-order valence-electron chi connectivity index (χ3n) is 2.13. The zero-order valence-corrected chi connectivity index (χ0v) is 16.0. The second kappa shape index (κ2) is 5.05. The molecule has 1 atom stereocenters. The summed E-state index contributed by atoms with van der Waals surface area (Å²) >= 11 is 5.91. The van der Waals surface area contributed by atoms with Crippen molar-refractivity contribution in [3.8, 4) is 0 Å². The van der Waals surface area contributed by atoms with E-state index in [1.54, 1.807) is 0 Å². The van der Waals surface area contributed by atoms with Gasteiger partial charge in [0.15, 0.2) is 0 Å². The highest BCUT2D eigenvalue weighted by Crippen LogP contribution is 2.60. The Labute approximate surface area is 115 Å². The fraction of sp³-hybridized carbons (Fsp3) is 1.00.